The lowest BCUT2D eigenvalue weighted by atomic mass is 9.92. The van der Waals surface area contributed by atoms with Crippen LogP contribution in [0, 0.1) is 4.77 Å². The van der Waals surface area contributed by atoms with Crippen LogP contribution in [0.1, 0.15) is 26.5 Å². The quantitative estimate of drug-likeness (QED) is 0.741. The Kier molecular flexibility index (Phi) is 2.72. The Morgan fingerprint density at radius 1 is 1.12 bits per heavy atom. The molecular weight excluding hydrogens is 216 g/mol. The summed E-state index contributed by atoms with van der Waals surface area (Å²) in [4.78, 5) is 3.12. The van der Waals surface area contributed by atoms with Crippen molar-refractivity contribution in [3.63, 3.8) is 0 Å². The van der Waals surface area contributed by atoms with E-state index in [1.165, 1.54) is 5.69 Å². The van der Waals surface area contributed by atoms with Gasteiger partial charge >= 0.3 is 0 Å². The zero-order valence-electron chi connectivity index (χ0n) is 9.82. The zero-order valence-corrected chi connectivity index (χ0v) is 10.6. The van der Waals surface area contributed by atoms with E-state index in [1.54, 1.807) is 0 Å². The van der Waals surface area contributed by atoms with Gasteiger partial charge in [0.2, 0.25) is 0 Å². The molecule has 1 N–H and O–H groups in total. The monoisotopic (exact) mass is 232 g/mol. The first-order valence-corrected chi connectivity index (χ1v) is 5.77. The van der Waals surface area contributed by atoms with Crippen molar-refractivity contribution in [2.24, 2.45) is 0 Å². The SMILES string of the molecule is CC(C)(C)c1c[nH]c(=S)n1-c1ccccc1. The third-order valence-corrected chi connectivity index (χ3v) is 2.86. The van der Waals surface area contributed by atoms with Crippen molar-refractivity contribution in [3.8, 4) is 5.69 Å². The van der Waals surface area contributed by atoms with Gasteiger partial charge in [0.25, 0.3) is 0 Å². The summed E-state index contributed by atoms with van der Waals surface area (Å²) in [6.07, 6.45) is 2.00. The van der Waals surface area contributed by atoms with Crippen LogP contribution >= 0.6 is 12.2 Å². The summed E-state index contributed by atoms with van der Waals surface area (Å²) in [7, 11) is 0. The summed E-state index contributed by atoms with van der Waals surface area (Å²) in [5.41, 5.74) is 2.38. The number of benzene rings is 1. The van der Waals surface area contributed by atoms with Gasteiger partial charge in [-0.05, 0) is 24.4 Å². The molecule has 0 aliphatic carbocycles. The van der Waals surface area contributed by atoms with Gasteiger partial charge in [0.1, 0.15) is 0 Å². The molecule has 2 nitrogen and oxygen atoms in total. The minimum absolute atomic E-state index is 0.0728. The minimum Gasteiger partial charge on any atom is -0.337 e. The molecular formula is C13H16N2S. The smallest absolute Gasteiger partial charge is 0.182 e. The Balaban J connectivity index is 2.66. The van der Waals surface area contributed by atoms with E-state index in [1.807, 2.05) is 24.4 Å². The molecule has 1 aromatic heterocycles. The maximum atomic E-state index is 5.33. The number of rotatable bonds is 1. The summed E-state index contributed by atoms with van der Waals surface area (Å²) in [5, 5.41) is 0. The van der Waals surface area contributed by atoms with Crippen molar-refractivity contribution in [1.82, 2.24) is 9.55 Å². The molecule has 0 bridgehead atoms. The summed E-state index contributed by atoms with van der Waals surface area (Å²) in [6.45, 7) is 6.55. The molecule has 1 heterocycles. The first-order valence-electron chi connectivity index (χ1n) is 5.36. The van der Waals surface area contributed by atoms with Gasteiger partial charge in [-0.25, -0.2) is 0 Å². The molecule has 0 radical (unpaired) electrons. The van der Waals surface area contributed by atoms with Gasteiger partial charge in [0.05, 0.1) is 0 Å². The first kappa shape index (κ1) is 11.1. The number of hydrogen-bond acceptors (Lipinski definition) is 1. The molecule has 84 valence electrons. The van der Waals surface area contributed by atoms with Crippen LogP contribution in [-0.4, -0.2) is 9.55 Å². The highest BCUT2D eigenvalue weighted by molar-refractivity contribution is 7.71. The third kappa shape index (κ3) is 1.95. The van der Waals surface area contributed by atoms with Gasteiger partial charge in [-0.3, -0.25) is 4.57 Å². The fourth-order valence-electron chi connectivity index (χ4n) is 1.75. The molecule has 0 unspecified atom stereocenters. The third-order valence-electron chi connectivity index (χ3n) is 2.56. The molecule has 0 aliphatic heterocycles. The minimum atomic E-state index is 0.0728. The van der Waals surface area contributed by atoms with Crippen molar-refractivity contribution in [2.75, 3.05) is 0 Å². The van der Waals surface area contributed by atoms with Crippen molar-refractivity contribution in [3.05, 3.63) is 47.0 Å². The van der Waals surface area contributed by atoms with Crippen LogP contribution in [0.3, 0.4) is 0 Å². The van der Waals surface area contributed by atoms with Crippen LogP contribution in [0.5, 0.6) is 0 Å². The van der Waals surface area contributed by atoms with Crippen molar-refractivity contribution >= 4 is 12.2 Å². The van der Waals surface area contributed by atoms with Gasteiger partial charge in [-0.2, -0.15) is 0 Å². The molecule has 2 aromatic rings. The van der Waals surface area contributed by atoms with E-state index < -0.39 is 0 Å². The molecule has 1 aromatic carbocycles. The molecule has 16 heavy (non-hydrogen) atoms. The number of aromatic nitrogens is 2. The summed E-state index contributed by atoms with van der Waals surface area (Å²) in [5.74, 6) is 0. The number of imidazole rings is 1. The van der Waals surface area contributed by atoms with Crippen LogP contribution in [-0.2, 0) is 5.41 Å². The van der Waals surface area contributed by atoms with Crippen molar-refractivity contribution in [1.29, 1.82) is 0 Å². The van der Waals surface area contributed by atoms with Gasteiger partial charge < -0.3 is 4.98 Å². The number of nitrogens with one attached hydrogen (secondary N) is 1. The lowest BCUT2D eigenvalue weighted by Gasteiger charge is -2.20. The fourth-order valence-corrected chi connectivity index (χ4v) is 2.02. The molecule has 0 atom stereocenters. The fraction of sp³-hybridized carbons (Fsp3) is 0.308. The first-order chi connectivity index (χ1) is 7.50. The van der Waals surface area contributed by atoms with Gasteiger partial charge in [0, 0.05) is 23.0 Å². The Hall–Kier alpha value is -1.35. The second-order valence-corrected chi connectivity index (χ2v) is 5.29. The molecule has 0 spiro atoms. The van der Waals surface area contributed by atoms with E-state index >= 15 is 0 Å². The average Bonchev–Trinajstić information content (AvgIpc) is 2.61. The second-order valence-electron chi connectivity index (χ2n) is 4.90. The Morgan fingerprint density at radius 2 is 1.75 bits per heavy atom. The van der Waals surface area contributed by atoms with Gasteiger partial charge in [0.15, 0.2) is 4.77 Å². The number of aromatic amines is 1. The lowest BCUT2D eigenvalue weighted by molar-refractivity contribution is 0.556. The molecule has 2 rings (SSSR count). The van der Waals surface area contributed by atoms with Crippen LogP contribution in [0.15, 0.2) is 36.5 Å². The number of nitrogens with zero attached hydrogens (tertiary/aromatic N) is 1. The largest absolute Gasteiger partial charge is 0.337 e. The number of H-pyrrole nitrogens is 1. The normalized spacial score (nSPS) is 11.7. The Labute approximate surface area is 101 Å². The van der Waals surface area contributed by atoms with E-state index in [0.717, 1.165) is 10.5 Å². The highest BCUT2D eigenvalue weighted by Crippen LogP contribution is 2.25. The molecule has 0 saturated carbocycles. The summed E-state index contributed by atoms with van der Waals surface area (Å²) >= 11 is 5.33. The molecule has 0 saturated heterocycles. The predicted molar refractivity (Wildman–Crippen MR) is 69.7 cm³/mol. The predicted octanol–water partition coefficient (Wildman–Crippen LogP) is 3.83. The van der Waals surface area contributed by atoms with Gasteiger partial charge in [-0.1, -0.05) is 39.0 Å². The van der Waals surface area contributed by atoms with E-state index in [4.69, 9.17) is 12.2 Å². The molecule has 0 fully saturated rings. The van der Waals surface area contributed by atoms with Crippen molar-refractivity contribution < 1.29 is 0 Å². The van der Waals surface area contributed by atoms with E-state index in [9.17, 15) is 0 Å². The highest BCUT2D eigenvalue weighted by Gasteiger charge is 2.19. The highest BCUT2D eigenvalue weighted by atomic mass is 32.1. The van der Waals surface area contributed by atoms with E-state index in [0.29, 0.717) is 0 Å². The topological polar surface area (TPSA) is 20.7 Å². The number of para-hydroxylation sites is 1. The van der Waals surface area contributed by atoms with Crippen LogP contribution in [0.2, 0.25) is 0 Å². The standard InChI is InChI=1S/C13H16N2S/c1-13(2,3)11-9-14-12(16)15(11)10-7-5-4-6-8-10/h4-9H,1-3H3,(H,14,16). The van der Waals surface area contributed by atoms with E-state index in [-0.39, 0.29) is 5.41 Å². The summed E-state index contributed by atoms with van der Waals surface area (Å²) < 4.78 is 2.84. The molecule has 3 heteroatoms. The summed E-state index contributed by atoms with van der Waals surface area (Å²) in [6, 6.07) is 10.2. The zero-order chi connectivity index (χ0) is 11.8. The Bertz CT molecular complexity index is 529. The van der Waals surface area contributed by atoms with E-state index in [2.05, 4.69) is 42.5 Å². The average molecular weight is 232 g/mol. The molecule has 0 aliphatic rings. The van der Waals surface area contributed by atoms with Crippen LogP contribution in [0.25, 0.3) is 5.69 Å². The van der Waals surface area contributed by atoms with Gasteiger partial charge in [-0.15, -0.1) is 0 Å². The number of hydrogen-bond donors (Lipinski definition) is 1. The molecule has 0 amide bonds. The maximum absolute atomic E-state index is 5.33. The van der Waals surface area contributed by atoms with Crippen LogP contribution < -0.4 is 0 Å². The van der Waals surface area contributed by atoms with Crippen LogP contribution in [0.4, 0.5) is 0 Å². The maximum Gasteiger partial charge on any atom is 0.182 e. The van der Waals surface area contributed by atoms with Crippen molar-refractivity contribution in [2.45, 2.75) is 26.2 Å². The lowest BCUT2D eigenvalue weighted by Crippen LogP contribution is -2.16. The second kappa shape index (κ2) is 3.91. The Morgan fingerprint density at radius 3 is 2.31 bits per heavy atom.